The number of hydrogen-bond acceptors (Lipinski definition) is 18. The van der Waals surface area contributed by atoms with Crippen LogP contribution in [0.4, 0.5) is 10.3 Å². The molecule has 2 saturated heterocycles. The minimum atomic E-state index is -1.14. The Kier molecular flexibility index (Phi) is 22.1. The molecule has 2 N–H and O–H groups in total. The van der Waals surface area contributed by atoms with Gasteiger partial charge in [0.05, 0.1) is 60.9 Å². The minimum Gasteiger partial charge on any atom is -0.870 e. The molecule has 0 bridgehead atoms. The predicted octanol–water partition coefficient (Wildman–Crippen LogP) is 12.0. The molecule has 0 radical (unpaired) electrons. The number of carbonyl (C=O) groups excluding carboxylic acids is 1. The summed E-state index contributed by atoms with van der Waals surface area (Å²) in [5.74, 6) is -1.46. The number of fused-ring (bicyclic) bond motifs is 2. The number of carboxylic acids is 1. The van der Waals surface area contributed by atoms with E-state index in [-0.39, 0.29) is 35.0 Å². The first-order chi connectivity index (χ1) is 38.4. The van der Waals surface area contributed by atoms with Crippen LogP contribution in [0.25, 0.3) is 62.5 Å². The molecule has 4 aromatic heterocycles. The molecule has 22 heteroatoms. The molecule has 0 amide bonds. The van der Waals surface area contributed by atoms with E-state index in [9.17, 15) is 14.7 Å². The standard InChI is InChI=1S/C31H37ClN4O3S2.C30H35ClN4O3S2.Na.H2O/c1-18(2)35-12-14-36(15-13-35)30-33-17-23(40-30)28-34-22-16-19(3)24(26(29(37)38-7)39-31(4,5)6)25(27(22)41-28)20-8-10-21(32)11-9-20;1-17(2)34-11-13-35(14-12-34)29-32-16-22(39-29)27-33-21-15-18(3)23(25(28(36)37)38-30(4,5)6)24(26(21)40-27)19-7-9-20(31)10-8-19;;/h8-11,16-18,26H,12-15H2,1-7H3;7-10,15-17,25H,11-14H2,1-6H3,(H,36,37);;1H2/q;;+1;/p-1/t26-;25-;;/m00../s1. The molecule has 6 heterocycles. The molecule has 15 nitrogen and oxygen atoms in total. The predicted molar refractivity (Wildman–Crippen MR) is 338 cm³/mol. The number of nitrogens with zero attached hydrogens (tertiary/aromatic N) is 8. The Bertz CT molecular complexity index is 3520. The van der Waals surface area contributed by atoms with Crippen LogP contribution < -0.4 is 39.4 Å². The van der Waals surface area contributed by atoms with Gasteiger partial charge in [-0.15, -0.1) is 22.7 Å². The van der Waals surface area contributed by atoms with Crippen LogP contribution in [-0.2, 0) is 23.8 Å². The number of carbonyl (C=O) groups is 2. The largest absolute Gasteiger partial charge is 1.00 e. The first-order valence-corrected chi connectivity index (χ1v) is 31.3. The van der Waals surface area contributed by atoms with Crippen LogP contribution in [0.5, 0.6) is 0 Å². The Balaban J connectivity index is 0.000000233. The van der Waals surface area contributed by atoms with Crippen molar-refractivity contribution in [1.29, 1.82) is 0 Å². The fraction of sp³-hybridized carbons (Fsp3) is 0.443. The number of anilines is 2. The molecule has 8 aromatic rings. The number of rotatable bonds is 14. The van der Waals surface area contributed by atoms with Gasteiger partial charge in [-0.3, -0.25) is 9.80 Å². The quantitative estimate of drug-likeness (QED) is 0.0803. The molecule has 0 spiro atoms. The SMILES string of the molecule is COC(=O)[C@@H](OC(C)(C)C)c1c(C)cc2nc(-c3cnc(N4CCN(C(C)C)CC4)s3)sc2c1-c1ccc(Cl)cc1.Cc1cc2nc(-c3cnc(N4CCN(C(C)C)CC4)s3)sc2c(-c2ccc(Cl)cc2)c1[C@H](OC(C)(C)C)C(=O)O.[Na+].[OH-]. The summed E-state index contributed by atoms with van der Waals surface area (Å²) in [7, 11) is 1.39. The molecule has 2 aliphatic rings. The fourth-order valence-electron chi connectivity index (χ4n) is 10.3. The van der Waals surface area contributed by atoms with Gasteiger partial charge in [-0.1, -0.05) is 70.1 Å². The normalized spacial score (nSPS) is 15.3. The Hall–Kier alpha value is -4.16. The number of methoxy groups -OCH3 is 1. The van der Waals surface area contributed by atoms with E-state index >= 15 is 0 Å². The van der Waals surface area contributed by atoms with Crippen LogP contribution in [0.1, 0.15) is 104 Å². The molecule has 10 rings (SSSR count). The molecular weight excluding hydrogens is 1180 g/mol. The molecule has 0 unspecified atom stereocenters. The van der Waals surface area contributed by atoms with Crippen LogP contribution in [0.2, 0.25) is 10.0 Å². The first-order valence-electron chi connectivity index (χ1n) is 27.3. The zero-order chi connectivity index (χ0) is 58.2. The zero-order valence-electron chi connectivity index (χ0n) is 49.8. The maximum Gasteiger partial charge on any atom is 1.00 e. The number of carboxylic acid groups (broad SMARTS) is 1. The second-order valence-electron chi connectivity index (χ2n) is 23.0. The van der Waals surface area contributed by atoms with Gasteiger partial charge in [-0.05, 0) is 142 Å². The smallest absolute Gasteiger partial charge is 0.870 e. The van der Waals surface area contributed by atoms with Gasteiger partial charge >= 0.3 is 41.5 Å². The van der Waals surface area contributed by atoms with Crippen LogP contribution in [0, 0.1) is 13.8 Å². The van der Waals surface area contributed by atoms with E-state index in [0.29, 0.717) is 27.7 Å². The van der Waals surface area contributed by atoms with Crippen LogP contribution in [0.15, 0.2) is 73.1 Å². The summed E-state index contributed by atoms with van der Waals surface area (Å²) in [6.45, 7) is 32.3. The maximum absolute atomic E-state index is 13.2. The summed E-state index contributed by atoms with van der Waals surface area (Å²) in [5.41, 5.74) is 7.17. The third kappa shape index (κ3) is 15.5. The second kappa shape index (κ2) is 27.7. The summed E-state index contributed by atoms with van der Waals surface area (Å²) in [6, 6.07) is 20.3. The van der Waals surface area contributed by atoms with Crippen LogP contribution >= 0.6 is 68.5 Å². The number of ether oxygens (including phenoxy) is 3. The van der Waals surface area contributed by atoms with E-state index in [2.05, 4.69) is 47.3 Å². The zero-order valence-corrected chi connectivity index (χ0v) is 56.6. The molecule has 0 aliphatic carbocycles. The fourth-order valence-corrected chi connectivity index (χ4v) is 14.8. The van der Waals surface area contributed by atoms with Gasteiger partial charge in [-0.2, -0.15) is 0 Å². The molecule has 2 aliphatic heterocycles. The summed E-state index contributed by atoms with van der Waals surface area (Å²) >= 11 is 19.0. The summed E-state index contributed by atoms with van der Waals surface area (Å²) in [6.07, 6.45) is 1.80. The van der Waals surface area contributed by atoms with E-state index in [1.54, 1.807) is 45.3 Å². The average Bonchev–Trinajstić information content (AvgIpc) is 4.48. The third-order valence-corrected chi connectivity index (χ3v) is 19.4. The first kappa shape index (κ1) is 66.4. The number of aryl methyl sites for hydroxylation is 2. The van der Waals surface area contributed by atoms with Crippen molar-refractivity contribution in [2.24, 2.45) is 0 Å². The Labute approximate surface area is 535 Å². The number of piperazine rings is 2. The molecule has 438 valence electrons. The van der Waals surface area contributed by atoms with Crippen molar-refractivity contribution in [1.82, 2.24) is 29.7 Å². The second-order valence-corrected chi connectivity index (χ2v) is 27.9. The van der Waals surface area contributed by atoms with Gasteiger partial charge in [0, 0.05) is 96.7 Å². The number of aliphatic carboxylic acids is 1. The Morgan fingerprint density at radius 1 is 0.590 bits per heavy atom. The van der Waals surface area contributed by atoms with E-state index < -0.39 is 35.3 Å². The van der Waals surface area contributed by atoms with Gasteiger partial charge in [0.25, 0.3) is 0 Å². The number of thiazole rings is 4. The van der Waals surface area contributed by atoms with Crippen LogP contribution in [0.3, 0.4) is 0 Å². The van der Waals surface area contributed by atoms with E-state index in [4.69, 9.17) is 57.3 Å². The molecule has 2 atom stereocenters. The van der Waals surface area contributed by atoms with E-state index in [1.807, 2.05) is 128 Å². The number of aromatic nitrogens is 4. The van der Waals surface area contributed by atoms with Crippen molar-refractivity contribution in [3.63, 3.8) is 0 Å². The van der Waals surface area contributed by atoms with Crippen molar-refractivity contribution in [3.8, 4) is 42.0 Å². The summed E-state index contributed by atoms with van der Waals surface area (Å²) < 4.78 is 19.6. The number of esters is 1. The van der Waals surface area contributed by atoms with Gasteiger partial charge < -0.3 is 34.6 Å². The van der Waals surface area contributed by atoms with Crippen molar-refractivity contribution >= 4 is 111 Å². The van der Waals surface area contributed by atoms with Crippen molar-refractivity contribution < 1.29 is 63.9 Å². The number of hydrogen-bond donors (Lipinski definition) is 1. The summed E-state index contributed by atoms with van der Waals surface area (Å²) in [5, 5.41) is 15.4. The average molecular weight is 1250 g/mol. The maximum atomic E-state index is 13.2. The van der Waals surface area contributed by atoms with Crippen molar-refractivity contribution in [3.05, 3.63) is 105 Å². The number of halogens is 2. The van der Waals surface area contributed by atoms with E-state index in [1.165, 1.54) is 7.11 Å². The van der Waals surface area contributed by atoms with Gasteiger partial charge in [-0.25, -0.2) is 29.5 Å². The topological polar surface area (TPSA) is 177 Å². The molecule has 2 fully saturated rings. The number of benzene rings is 4. The van der Waals surface area contributed by atoms with Crippen molar-refractivity contribution in [2.45, 2.75) is 119 Å². The third-order valence-electron chi connectivity index (χ3n) is 14.3. The Morgan fingerprint density at radius 2 is 0.952 bits per heavy atom. The van der Waals surface area contributed by atoms with Gasteiger partial charge in [0.2, 0.25) is 0 Å². The van der Waals surface area contributed by atoms with Crippen molar-refractivity contribution in [2.75, 3.05) is 69.3 Å². The monoisotopic (exact) mass is 1250 g/mol. The van der Waals surface area contributed by atoms with Gasteiger partial charge in [0.1, 0.15) is 10.0 Å². The molecule has 4 aromatic carbocycles. The minimum absolute atomic E-state index is 0. The molecule has 83 heavy (non-hydrogen) atoms. The van der Waals surface area contributed by atoms with Crippen LogP contribution in [-0.4, -0.2) is 135 Å². The van der Waals surface area contributed by atoms with Gasteiger partial charge in [0.15, 0.2) is 22.5 Å². The Morgan fingerprint density at radius 3 is 1.29 bits per heavy atom. The molecular formula is C61H73Cl2N8NaO7S4. The molecule has 0 saturated carbocycles. The summed E-state index contributed by atoms with van der Waals surface area (Å²) in [4.78, 5) is 57.1. The van der Waals surface area contributed by atoms with E-state index in [0.717, 1.165) is 142 Å².